The summed E-state index contributed by atoms with van der Waals surface area (Å²) in [6.45, 7) is 0. The summed E-state index contributed by atoms with van der Waals surface area (Å²) in [6.07, 6.45) is 0. The summed E-state index contributed by atoms with van der Waals surface area (Å²) in [6, 6.07) is 6.36. The van der Waals surface area contributed by atoms with E-state index in [4.69, 9.17) is 16.7 Å². The van der Waals surface area contributed by atoms with Crippen LogP contribution in [0.1, 0.15) is 0 Å². The third-order valence-corrected chi connectivity index (χ3v) is 1.08. The fourth-order valence-corrected chi connectivity index (χ4v) is 0.567. The minimum atomic E-state index is 0.245. The minimum absolute atomic E-state index is 0.245. The Morgan fingerprint density at radius 1 is 1.12 bits per heavy atom. The van der Waals surface area contributed by atoms with Crippen molar-refractivity contribution in [3.8, 4) is 5.75 Å². The zero-order valence-corrected chi connectivity index (χ0v) is 4.89. The number of rotatable bonds is 0. The molecule has 0 aromatic heterocycles. The van der Waals surface area contributed by atoms with E-state index in [2.05, 4.69) is 0 Å². The first-order valence-electron chi connectivity index (χ1n) is 2.23. The average molecular weight is 130 g/mol. The summed E-state index contributed by atoms with van der Waals surface area (Å²) in [5, 5.41) is 9.34. The van der Waals surface area contributed by atoms with Gasteiger partial charge in [0.05, 0.1) is 0 Å². The minimum Gasteiger partial charge on any atom is -0.508 e. The SMILES string of the molecule is O[13c]1ccc(Cl)cc1. The Balaban J connectivity index is 3.03. The topological polar surface area (TPSA) is 20.2 Å². The van der Waals surface area contributed by atoms with Crippen LogP contribution in [-0.4, -0.2) is 5.11 Å². The van der Waals surface area contributed by atoms with Gasteiger partial charge in [0.2, 0.25) is 0 Å². The van der Waals surface area contributed by atoms with Crippen LogP contribution >= 0.6 is 11.6 Å². The molecule has 1 nitrogen and oxygen atoms in total. The van der Waals surface area contributed by atoms with E-state index < -0.39 is 0 Å². The molecule has 0 aliphatic carbocycles. The highest BCUT2D eigenvalue weighted by atomic mass is 35.5. The van der Waals surface area contributed by atoms with E-state index in [1.54, 1.807) is 24.3 Å². The molecule has 0 aliphatic rings. The number of halogens is 1. The molecule has 0 amide bonds. The van der Waals surface area contributed by atoms with Gasteiger partial charge in [-0.3, -0.25) is 0 Å². The van der Waals surface area contributed by atoms with Crippen molar-refractivity contribution in [2.24, 2.45) is 0 Å². The van der Waals surface area contributed by atoms with Crippen molar-refractivity contribution in [3.63, 3.8) is 0 Å². The Kier molecular flexibility index (Phi) is 1.40. The highest BCUT2D eigenvalue weighted by Crippen LogP contribution is 2.12. The third-order valence-electron chi connectivity index (χ3n) is 0.827. The number of aromatic hydroxyl groups is 1. The van der Waals surface area contributed by atoms with Crippen molar-refractivity contribution in [1.29, 1.82) is 0 Å². The Morgan fingerprint density at radius 2 is 1.62 bits per heavy atom. The zero-order chi connectivity index (χ0) is 5.98. The maximum atomic E-state index is 8.70. The number of phenols is 1. The Bertz CT molecular complexity index is 147. The van der Waals surface area contributed by atoms with Crippen LogP contribution in [0.4, 0.5) is 0 Å². The molecule has 0 atom stereocenters. The zero-order valence-electron chi connectivity index (χ0n) is 4.13. The number of benzene rings is 1. The molecule has 1 rings (SSSR count). The fourth-order valence-electron chi connectivity index (χ4n) is 0.441. The molecule has 1 N–H and O–H groups in total. The van der Waals surface area contributed by atoms with Gasteiger partial charge in [0.25, 0.3) is 0 Å². The maximum absolute atomic E-state index is 8.70. The second-order valence-electron chi connectivity index (χ2n) is 1.48. The summed E-state index contributed by atoms with van der Waals surface area (Å²) in [5.74, 6) is 0.245. The first kappa shape index (κ1) is 5.45. The second-order valence-corrected chi connectivity index (χ2v) is 1.91. The molecule has 2 heteroatoms. The van der Waals surface area contributed by atoms with Gasteiger partial charge in [-0.15, -0.1) is 0 Å². The van der Waals surface area contributed by atoms with Crippen molar-refractivity contribution in [2.45, 2.75) is 0 Å². The first-order chi connectivity index (χ1) is 3.79. The lowest BCUT2D eigenvalue weighted by Crippen LogP contribution is -1.61. The monoisotopic (exact) mass is 129 g/mol. The van der Waals surface area contributed by atoms with Gasteiger partial charge in [-0.25, -0.2) is 0 Å². The van der Waals surface area contributed by atoms with E-state index in [-0.39, 0.29) is 5.75 Å². The van der Waals surface area contributed by atoms with Crippen molar-refractivity contribution >= 4 is 11.6 Å². The molecule has 8 heavy (non-hydrogen) atoms. The van der Waals surface area contributed by atoms with E-state index in [9.17, 15) is 0 Å². The second kappa shape index (κ2) is 2.05. The van der Waals surface area contributed by atoms with Gasteiger partial charge in [-0.1, -0.05) is 11.6 Å². The van der Waals surface area contributed by atoms with Gasteiger partial charge >= 0.3 is 0 Å². The largest absolute Gasteiger partial charge is 0.508 e. The number of hydrogen-bond donors (Lipinski definition) is 1. The lowest BCUT2D eigenvalue weighted by atomic mass is 10.5. The Labute approximate surface area is 52.5 Å². The van der Waals surface area contributed by atoms with Crippen LogP contribution in [0, 0.1) is 0 Å². The Morgan fingerprint density at radius 3 is 2.00 bits per heavy atom. The molecule has 0 radical (unpaired) electrons. The van der Waals surface area contributed by atoms with E-state index in [1.807, 2.05) is 0 Å². The summed E-state index contributed by atoms with van der Waals surface area (Å²) < 4.78 is 0. The van der Waals surface area contributed by atoms with Crippen LogP contribution in [0.25, 0.3) is 0 Å². The molecular formula is C6H5ClO. The summed E-state index contributed by atoms with van der Waals surface area (Å²) in [7, 11) is 0. The molecule has 0 aliphatic heterocycles. The predicted octanol–water partition coefficient (Wildman–Crippen LogP) is 2.05. The van der Waals surface area contributed by atoms with Crippen LogP contribution in [0.15, 0.2) is 24.3 Å². The maximum Gasteiger partial charge on any atom is 0.115 e. The van der Waals surface area contributed by atoms with Crippen LogP contribution in [0.3, 0.4) is 0 Å². The molecule has 0 fully saturated rings. The lowest BCUT2D eigenvalue weighted by Gasteiger charge is -1.87. The predicted molar refractivity (Wildman–Crippen MR) is 33.1 cm³/mol. The van der Waals surface area contributed by atoms with Crippen molar-refractivity contribution < 1.29 is 5.11 Å². The average Bonchev–Trinajstić information content (AvgIpc) is 1.77. The van der Waals surface area contributed by atoms with Gasteiger partial charge in [0, 0.05) is 5.02 Å². The van der Waals surface area contributed by atoms with Crippen LogP contribution in [-0.2, 0) is 0 Å². The van der Waals surface area contributed by atoms with Gasteiger partial charge in [0.1, 0.15) is 5.75 Å². The highest BCUT2D eigenvalue weighted by molar-refractivity contribution is 6.30. The van der Waals surface area contributed by atoms with E-state index in [0.717, 1.165) is 0 Å². The van der Waals surface area contributed by atoms with Crippen molar-refractivity contribution in [3.05, 3.63) is 29.3 Å². The molecular weight excluding hydrogens is 125 g/mol. The standard InChI is InChI=1S/C6H5ClO/c7-5-1-3-6(8)4-2-5/h1-4,8H/i6+1. The van der Waals surface area contributed by atoms with E-state index in [1.165, 1.54) is 0 Å². The molecule has 0 unspecified atom stereocenters. The van der Waals surface area contributed by atoms with Crippen molar-refractivity contribution in [2.75, 3.05) is 0 Å². The third kappa shape index (κ3) is 1.14. The first-order valence-corrected chi connectivity index (χ1v) is 2.61. The molecule has 0 heterocycles. The normalized spacial score (nSPS) is 9.12. The highest BCUT2D eigenvalue weighted by Gasteiger charge is 1.84. The molecule has 0 saturated carbocycles. The fraction of sp³-hybridized carbons (Fsp3) is 0. The molecule has 0 bridgehead atoms. The molecule has 1 aromatic rings. The molecule has 0 saturated heterocycles. The van der Waals surface area contributed by atoms with Gasteiger partial charge in [-0.05, 0) is 24.3 Å². The van der Waals surface area contributed by atoms with Crippen molar-refractivity contribution in [1.82, 2.24) is 0 Å². The number of phenolic OH excluding ortho intramolecular Hbond substituents is 1. The quantitative estimate of drug-likeness (QED) is 0.569. The molecule has 1 aromatic carbocycles. The number of hydrogen-bond acceptors (Lipinski definition) is 1. The van der Waals surface area contributed by atoms with Crippen LogP contribution < -0.4 is 0 Å². The van der Waals surface area contributed by atoms with Gasteiger partial charge < -0.3 is 5.11 Å². The van der Waals surface area contributed by atoms with E-state index >= 15 is 0 Å². The Hall–Kier alpha value is -0.690. The smallest absolute Gasteiger partial charge is 0.115 e. The summed E-state index contributed by atoms with van der Waals surface area (Å²) in [4.78, 5) is 0. The summed E-state index contributed by atoms with van der Waals surface area (Å²) >= 11 is 5.50. The van der Waals surface area contributed by atoms with Gasteiger partial charge in [-0.2, -0.15) is 0 Å². The van der Waals surface area contributed by atoms with Gasteiger partial charge in [0.15, 0.2) is 0 Å². The van der Waals surface area contributed by atoms with Crippen LogP contribution in [0.2, 0.25) is 5.02 Å². The molecule has 42 valence electrons. The summed E-state index contributed by atoms with van der Waals surface area (Å²) in [5.41, 5.74) is 0. The lowest BCUT2D eigenvalue weighted by molar-refractivity contribution is 0.475. The molecule has 0 spiro atoms. The van der Waals surface area contributed by atoms with E-state index in [0.29, 0.717) is 5.02 Å². The van der Waals surface area contributed by atoms with Crippen LogP contribution in [0.5, 0.6) is 5.75 Å².